The quantitative estimate of drug-likeness (QED) is 0.803. The fraction of sp³-hybridized carbons (Fsp3) is 0.222. The predicted octanol–water partition coefficient (Wildman–Crippen LogP) is 1.22. The van der Waals surface area contributed by atoms with Gasteiger partial charge in [-0.1, -0.05) is 0 Å². The maximum atomic E-state index is 12.0. The van der Waals surface area contributed by atoms with Gasteiger partial charge in [0.1, 0.15) is 6.07 Å². The summed E-state index contributed by atoms with van der Waals surface area (Å²) in [6.45, 7) is 0. The zero-order valence-corrected chi connectivity index (χ0v) is 8.91. The summed E-state index contributed by atoms with van der Waals surface area (Å²) in [5.41, 5.74) is 4.02. The molecule has 18 heavy (non-hydrogen) atoms. The minimum atomic E-state index is -5.00. The number of nitrogens with zero attached hydrogens (tertiary/aromatic N) is 2. The second-order valence-electron chi connectivity index (χ2n) is 2.92. The topological polar surface area (TPSA) is 98.2 Å². The third-order valence-corrected chi connectivity index (χ3v) is 1.77. The van der Waals surface area contributed by atoms with Crippen molar-refractivity contribution in [3.8, 4) is 11.9 Å². The lowest BCUT2D eigenvalue weighted by Crippen LogP contribution is -2.19. The molecule has 0 fully saturated rings. The Labute approximate surface area is 98.7 Å². The van der Waals surface area contributed by atoms with Gasteiger partial charge in [0.25, 0.3) is 0 Å². The molecule has 1 rings (SSSR count). The number of halogens is 3. The Morgan fingerprint density at radius 3 is 2.61 bits per heavy atom. The molecule has 0 aromatic carbocycles. The van der Waals surface area contributed by atoms with Gasteiger partial charge in [-0.3, -0.25) is 0 Å². The van der Waals surface area contributed by atoms with Crippen molar-refractivity contribution in [1.82, 2.24) is 4.98 Å². The third-order valence-electron chi connectivity index (χ3n) is 1.77. The Balaban J connectivity index is 3.32. The first kappa shape index (κ1) is 13.6. The van der Waals surface area contributed by atoms with E-state index in [0.717, 1.165) is 7.11 Å². The lowest BCUT2D eigenvalue weighted by atomic mass is 10.2. The summed E-state index contributed by atoms with van der Waals surface area (Å²) < 4.78 is 43.8. The average molecular weight is 261 g/mol. The van der Waals surface area contributed by atoms with Crippen molar-refractivity contribution in [2.24, 2.45) is 0 Å². The highest BCUT2D eigenvalue weighted by Gasteiger charge is 2.33. The predicted molar refractivity (Wildman–Crippen MR) is 51.4 cm³/mol. The van der Waals surface area contributed by atoms with Crippen LogP contribution in [0.2, 0.25) is 0 Å². The number of hydrogen-bond acceptors (Lipinski definition) is 6. The standard InChI is InChI=1S/C9H6F3N3O3/c1-17-8(16)4-2-6(18-9(10,11)12)15-5(3-13)7(4)14/h2H,14H2,1H3. The van der Waals surface area contributed by atoms with Gasteiger partial charge in [-0.05, 0) is 0 Å². The van der Waals surface area contributed by atoms with Gasteiger partial charge < -0.3 is 15.2 Å². The van der Waals surface area contributed by atoms with Crippen LogP contribution in [0.15, 0.2) is 6.07 Å². The van der Waals surface area contributed by atoms with Crippen molar-refractivity contribution in [1.29, 1.82) is 5.26 Å². The Kier molecular flexibility index (Phi) is 3.61. The van der Waals surface area contributed by atoms with Gasteiger partial charge in [0.05, 0.1) is 18.4 Å². The minimum absolute atomic E-state index is 0.376. The molecular formula is C9H6F3N3O3. The molecule has 1 aromatic heterocycles. The first-order valence-electron chi connectivity index (χ1n) is 4.33. The molecule has 0 unspecified atom stereocenters. The van der Waals surface area contributed by atoms with Gasteiger partial charge >= 0.3 is 12.3 Å². The van der Waals surface area contributed by atoms with Crippen molar-refractivity contribution in [2.75, 3.05) is 12.8 Å². The van der Waals surface area contributed by atoms with Gasteiger partial charge in [-0.25, -0.2) is 9.78 Å². The van der Waals surface area contributed by atoms with E-state index < -0.39 is 29.5 Å². The third kappa shape index (κ3) is 3.00. The number of nitrogen functional groups attached to an aromatic ring is 1. The van der Waals surface area contributed by atoms with Crippen LogP contribution >= 0.6 is 0 Å². The van der Waals surface area contributed by atoms with E-state index in [-0.39, 0.29) is 5.69 Å². The number of nitriles is 1. The molecular weight excluding hydrogens is 255 g/mol. The monoisotopic (exact) mass is 261 g/mol. The number of aromatic nitrogens is 1. The molecule has 0 saturated heterocycles. The second-order valence-corrected chi connectivity index (χ2v) is 2.92. The van der Waals surface area contributed by atoms with Crippen LogP contribution in [0.25, 0.3) is 0 Å². The highest BCUT2D eigenvalue weighted by Crippen LogP contribution is 2.26. The summed E-state index contributed by atoms with van der Waals surface area (Å²) in [4.78, 5) is 14.5. The van der Waals surface area contributed by atoms with Crippen LogP contribution in [0.3, 0.4) is 0 Å². The van der Waals surface area contributed by atoms with Crippen molar-refractivity contribution in [2.45, 2.75) is 6.36 Å². The SMILES string of the molecule is COC(=O)c1cc(OC(F)(F)F)nc(C#N)c1N. The lowest BCUT2D eigenvalue weighted by Gasteiger charge is -2.10. The Morgan fingerprint density at radius 1 is 1.56 bits per heavy atom. The molecule has 1 aromatic rings. The minimum Gasteiger partial charge on any atom is -0.465 e. The first-order valence-corrected chi connectivity index (χ1v) is 4.33. The maximum absolute atomic E-state index is 12.0. The van der Waals surface area contributed by atoms with Crippen LogP contribution in [0.1, 0.15) is 16.1 Å². The van der Waals surface area contributed by atoms with Crippen LogP contribution in [0.4, 0.5) is 18.9 Å². The zero-order chi connectivity index (χ0) is 13.9. The molecule has 6 nitrogen and oxygen atoms in total. The summed E-state index contributed by atoms with van der Waals surface area (Å²) in [7, 11) is 1.01. The van der Waals surface area contributed by atoms with E-state index in [0.29, 0.717) is 6.07 Å². The summed E-state index contributed by atoms with van der Waals surface area (Å²) in [5.74, 6) is -1.97. The number of anilines is 1. The van der Waals surface area contributed by atoms with Crippen molar-refractivity contribution in [3.05, 3.63) is 17.3 Å². The number of esters is 1. The van der Waals surface area contributed by atoms with Crippen LogP contribution in [0.5, 0.6) is 5.88 Å². The van der Waals surface area contributed by atoms with E-state index in [2.05, 4.69) is 14.5 Å². The molecule has 1 heterocycles. The largest absolute Gasteiger partial charge is 0.574 e. The van der Waals surface area contributed by atoms with Crippen LogP contribution in [-0.4, -0.2) is 24.4 Å². The number of carbonyl (C=O) groups excluding carboxylic acids is 1. The summed E-state index contributed by atoms with van der Waals surface area (Å²) in [5, 5.41) is 8.64. The zero-order valence-electron chi connectivity index (χ0n) is 8.91. The summed E-state index contributed by atoms with van der Waals surface area (Å²) >= 11 is 0. The number of ether oxygens (including phenoxy) is 2. The molecule has 2 N–H and O–H groups in total. The normalized spacial score (nSPS) is 10.6. The van der Waals surface area contributed by atoms with Crippen LogP contribution < -0.4 is 10.5 Å². The van der Waals surface area contributed by atoms with E-state index in [1.807, 2.05) is 0 Å². The number of nitrogens with two attached hydrogens (primary N) is 1. The molecule has 0 bridgehead atoms. The number of rotatable bonds is 2. The number of methoxy groups -OCH3 is 1. The van der Waals surface area contributed by atoms with Crippen molar-refractivity contribution < 1.29 is 27.4 Å². The van der Waals surface area contributed by atoms with Gasteiger partial charge in [0, 0.05) is 6.07 Å². The molecule has 0 aliphatic heterocycles. The number of pyridine rings is 1. The molecule has 0 aliphatic rings. The molecule has 0 aliphatic carbocycles. The fourth-order valence-corrected chi connectivity index (χ4v) is 1.07. The highest BCUT2D eigenvalue weighted by atomic mass is 19.4. The number of hydrogen-bond donors (Lipinski definition) is 1. The number of carbonyl (C=O) groups is 1. The molecule has 9 heteroatoms. The second kappa shape index (κ2) is 4.79. The van der Waals surface area contributed by atoms with Crippen LogP contribution in [-0.2, 0) is 4.74 Å². The highest BCUT2D eigenvalue weighted by molar-refractivity contribution is 5.96. The Hall–Kier alpha value is -2.50. The van der Waals surface area contributed by atoms with Crippen LogP contribution in [0, 0.1) is 11.3 Å². The Morgan fingerprint density at radius 2 is 2.17 bits per heavy atom. The van der Waals surface area contributed by atoms with Crippen molar-refractivity contribution >= 4 is 11.7 Å². The molecule has 0 spiro atoms. The fourth-order valence-electron chi connectivity index (χ4n) is 1.07. The molecule has 96 valence electrons. The van der Waals surface area contributed by atoms with Crippen molar-refractivity contribution in [3.63, 3.8) is 0 Å². The average Bonchev–Trinajstić information content (AvgIpc) is 2.28. The van der Waals surface area contributed by atoms with Gasteiger partial charge in [-0.2, -0.15) is 5.26 Å². The van der Waals surface area contributed by atoms with Gasteiger partial charge in [-0.15, -0.1) is 13.2 Å². The smallest absolute Gasteiger partial charge is 0.465 e. The van der Waals surface area contributed by atoms with E-state index in [9.17, 15) is 18.0 Å². The van der Waals surface area contributed by atoms with E-state index >= 15 is 0 Å². The molecule has 0 radical (unpaired) electrons. The lowest BCUT2D eigenvalue weighted by molar-refractivity contribution is -0.276. The maximum Gasteiger partial charge on any atom is 0.574 e. The van der Waals surface area contributed by atoms with E-state index in [1.54, 1.807) is 0 Å². The molecule has 0 atom stereocenters. The first-order chi connectivity index (χ1) is 8.28. The molecule has 0 amide bonds. The van der Waals surface area contributed by atoms with Gasteiger partial charge in [0.15, 0.2) is 5.69 Å². The summed E-state index contributed by atoms with van der Waals surface area (Å²) in [6, 6.07) is 2.10. The molecule has 0 saturated carbocycles. The number of alkyl halides is 3. The van der Waals surface area contributed by atoms with E-state index in [4.69, 9.17) is 11.0 Å². The Bertz CT molecular complexity index is 522. The van der Waals surface area contributed by atoms with Gasteiger partial charge in [0.2, 0.25) is 5.88 Å². The summed E-state index contributed by atoms with van der Waals surface area (Å²) in [6.07, 6.45) is -5.00. The van der Waals surface area contributed by atoms with E-state index in [1.165, 1.54) is 6.07 Å².